The molecule has 2 saturated heterocycles. The summed E-state index contributed by atoms with van der Waals surface area (Å²) in [6.07, 6.45) is -4.85. The molecule has 3 atom stereocenters. The van der Waals surface area contributed by atoms with E-state index < -0.39 is 12.3 Å². The normalized spacial score (nSPS) is 30.6. The topological polar surface area (TPSA) is 44.3 Å². The molecule has 6 heteroatoms. The quantitative estimate of drug-likeness (QED) is 0.785. The highest BCUT2D eigenvalue weighted by Gasteiger charge is 2.44. The number of hydrogen-bond donors (Lipinski definition) is 3. The van der Waals surface area contributed by atoms with Crippen molar-refractivity contribution < 1.29 is 18.3 Å². The zero-order chi connectivity index (χ0) is 15.8. The molecule has 1 spiro atoms. The lowest BCUT2D eigenvalue weighted by molar-refractivity contribution is -0.206. The van der Waals surface area contributed by atoms with Crippen molar-refractivity contribution >= 4 is 0 Å². The molecule has 1 aromatic carbocycles. The first-order valence-electron chi connectivity index (χ1n) is 7.68. The largest absolute Gasteiger partial charge is 0.418 e. The van der Waals surface area contributed by atoms with E-state index in [1.807, 2.05) is 0 Å². The summed E-state index contributed by atoms with van der Waals surface area (Å²) in [5.74, 6) is 0.299. The van der Waals surface area contributed by atoms with Gasteiger partial charge < -0.3 is 15.7 Å². The van der Waals surface area contributed by atoms with Gasteiger partial charge in [0.15, 0.2) is 6.10 Å². The zero-order valence-electron chi connectivity index (χ0n) is 12.3. The molecule has 0 amide bonds. The van der Waals surface area contributed by atoms with Crippen LogP contribution < -0.4 is 10.6 Å². The maximum absolute atomic E-state index is 12.6. The number of nitrogens with one attached hydrogen (secondary N) is 2. The minimum absolute atomic E-state index is 0.0985. The maximum Gasteiger partial charge on any atom is 0.418 e. The van der Waals surface area contributed by atoms with Gasteiger partial charge in [-0.3, -0.25) is 0 Å². The van der Waals surface area contributed by atoms with Gasteiger partial charge in [-0.25, -0.2) is 0 Å². The Balaban J connectivity index is 1.82. The number of aliphatic hydroxyl groups excluding tert-OH is 1. The van der Waals surface area contributed by atoms with Crippen molar-refractivity contribution in [1.82, 2.24) is 10.6 Å². The molecule has 2 aliphatic heterocycles. The Bertz CT molecular complexity index is 509. The summed E-state index contributed by atoms with van der Waals surface area (Å²) in [5.41, 5.74) is 1.16. The standard InChI is InChI=1S/C16H21F3N2O/c17-16(18,19)14(22)12-3-1-11(2-4-12)13-9-20-7-5-15(13)6-8-21-10-15/h1-4,13-14,20-22H,5-10H2. The number of halogens is 3. The Kier molecular flexibility index (Phi) is 4.18. The third-order valence-electron chi connectivity index (χ3n) is 5.13. The van der Waals surface area contributed by atoms with Crippen LogP contribution in [0.1, 0.15) is 36.0 Å². The first-order valence-corrected chi connectivity index (χ1v) is 7.68. The number of aliphatic hydroxyl groups is 1. The highest BCUT2D eigenvalue weighted by atomic mass is 19.4. The van der Waals surface area contributed by atoms with Crippen molar-refractivity contribution in [3.8, 4) is 0 Å². The molecule has 3 unspecified atom stereocenters. The number of piperidine rings is 1. The molecule has 2 aliphatic rings. The Morgan fingerprint density at radius 3 is 2.32 bits per heavy atom. The van der Waals surface area contributed by atoms with Gasteiger partial charge in [-0.15, -0.1) is 0 Å². The molecule has 0 aromatic heterocycles. The fourth-order valence-corrected chi connectivity index (χ4v) is 3.82. The molecule has 22 heavy (non-hydrogen) atoms. The third-order valence-corrected chi connectivity index (χ3v) is 5.13. The van der Waals surface area contributed by atoms with Crippen LogP contribution in [0.3, 0.4) is 0 Å². The molecule has 2 heterocycles. The lowest BCUT2D eigenvalue weighted by atomic mass is 9.67. The van der Waals surface area contributed by atoms with E-state index in [0.29, 0.717) is 5.92 Å². The average molecular weight is 314 g/mol. The molecule has 0 bridgehead atoms. The fraction of sp³-hybridized carbons (Fsp3) is 0.625. The van der Waals surface area contributed by atoms with Gasteiger partial charge in [0, 0.05) is 19.0 Å². The van der Waals surface area contributed by atoms with Crippen LogP contribution in [0.15, 0.2) is 24.3 Å². The molecule has 3 N–H and O–H groups in total. The van der Waals surface area contributed by atoms with Crippen molar-refractivity contribution in [3.63, 3.8) is 0 Å². The van der Waals surface area contributed by atoms with E-state index in [1.54, 1.807) is 12.1 Å². The van der Waals surface area contributed by atoms with Gasteiger partial charge in [0.2, 0.25) is 0 Å². The summed E-state index contributed by atoms with van der Waals surface area (Å²) in [7, 11) is 0. The summed E-state index contributed by atoms with van der Waals surface area (Å²) in [5, 5.41) is 16.1. The Hall–Kier alpha value is -1.11. The predicted molar refractivity (Wildman–Crippen MR) is 77.6 cm³/mol. The molecule has 122 valence electrons. The van der Waals surface area contributed by atoms with Crippen LogP contribution in [0.4, 0.5) is 13.2 Å². The summed E-state index contributed by atoms with van der Waals surface area (Å²) >= 11 is 0. The molecule has 1 aromatic rings. The van der Waals surface area contributed by atoms with E-state index in [0.717, 1.165) is 44.6 Å². The highest BCUT2D eigenvalue weighted by Crippen LogP contribution is 2.45. The average Bonchev–Trinajstić information content (AvgIpc) is 2.95. The van der Waals surface area contributed by atoms with Crippen LogP contribution >= 0.6 is 0 Å². The second-order valence-corrected chi connectivity index (χ2v) is 6.41. The summed E-state index contributed by atoms with van der Waals surface area (Å²) in [6, 6.07) is 6.28. The van der Waals surface area contributed by atoms with Crippen LogP contribution in [-0.4, -0.2) is 37.5 Å². The summed E-state index contributed by atoms with van der Waals surface area (Å²) in [6.45, 7) is 3.81. The summed E-state index contributed by atoms with van der Waals surface area (Å²) < 4.78 is 37.7. The van der Waals surface area contributed by atoms with E-state index >= 15 is 0 Å². The molecule has 0 aliphatic carbocycles. The maximum atomic E-state index is 12.6. The van der Waals surface area contributed by atoms with Crippen molar-refractivity contribution in [2.24, 2.45) is 5.41 Å². The van der Waals surface area contributed by atoms with Gasteiger partial charge in [0.1, 0.15) is 0 Å². The van der Waals surface area contributed by atoms with Crippen LogP contribution in [0.25, 0.3) is 0 Å². The molecule has 2 fully saturated rings. The van der Waals surface area contributed by atoms with Gasteiger partial charge in [0.25, 0.3) is 0 Å². The number of hydrogen-bond acceptors (Lipinski definition) is 3. The monoisotopic (exact) mass is 314 g/mol. The minimum Gasteiger partial charge on any atom is -0.379 e. The van der Waals surface area contributed by atoms with Crippen LogP contribution in [0, 0.1) is 5.41 Å². The van der Waals surface area contributed by atoms with Gasteiger partial charge in [-0.2, -0.15) is 13.2 Å². The van der Waals surface area contributed by atoms with E-state index in [2.05, 4.69) is 10.6 Å². The molecular formula is C16H21F3N2O. The van der Waals surface area contributed by atoms with Crippen molar-refractivity contribution in [2.45, 2.75) is 31.0 Å². The molecule has 3 rings (SSSR count). The molecule has 0 radical (unpaired) electrons. The second kappa shape index (κ2) is 5.83. The lowest BCUT2D eigenvalue weighted by Gasteiger charge is -2.42. The van der Waals surface area contributed by atoms with Crippen molar-refractivity contribution in [1.29, 1.82) is 0 Å². The fourth-order valence-electron chi connectivity index (χ4n) is 3.82. The predicted octanol–water partition coefficient (Wildman–Crippen LogP) is 2.34. The van der Waals surface area contributed by atoms with E-state index in [4.69, 9.17) is 0 Å². The molecular weight excluding hydrogens is 293 g/mol. The smallest absolute Gasteiger partial charge is 0.379 e. The van der Waals surface area contributed by atoms with Gasteiger partial charge in [-0.05, 0) is 42.5 Å². The van der Waals surface area contributed by atoms with Gasteiger partial charge in [0.05, 0.1) is 0 Å². The Morgan fingerprint density at radius 1 is 1.09 bits per heavy atom. The van der Waals surface area contributed by atoms with E-state index in [-0.39, 0.29) is 11.0 Å². The minimum atomic E-state index is -4.62. The number of benzene rings is 1. The second-order valence-electron chi connectivity index (χ2n) is 6.41. The summed E-state index contributed by atoms with van der Waals surface area (Å²) in [4.78, 5) is 0. The van der Waals surface area contributed by atoms with E-state index in [9.17, 15) is 18.3 Å². The van der Waals surface area contributed by atoms with Gasteiger partial charge in [-0.1, -0.05) is 24.3 Å². The first-order chi connectivity index (χ1) is 10.4. The lowest BCUT2D eigenvalue weighted by Crippen LogP contribution is -2.44. The zero-order valence-corrected chi connectivity index (χ0v) is 12.3. The van der Waals surface area contributed by atoms with E-state index in [1.165, 1.54) is 12.1 Å². The molecule has 3 nitrogen and oxygen atoms in total. The van der Waals surface area contributed by atoms with Crippen molar-refractivity contribution in [2.75, 3.05) is 26.2 Å². The molecule has 0 saturated carbocycles. The van der Waals surface area contributed by atoms with Crippen LogP contribution in [0.5, 0.6) is 0 Å². The Morgan fingerprint density at radius 2 is 1.73 bits per heavy atom. The van der Waals surface area contributed by atoms with Gasteiger partial charge >= 0.3 is 6.18 Å². The van der Waals surface area contributed by atoms with Crippen molar-refractivity contribution in [3.05, 3.63) is 35.4 Å². The SMILES string of the molecule is OC(c1ccc(C2CNCCC23CCNC3)cc1)C(F)(F)F. The Labute approximate surface area is 127 Å². The van der Waals surface area contributed by atoms with Crippen LogP contribution in [-0.2, 0) is 0 Å². The number of alkyl halides is 3. The number of rotatable bonds is 2. The van der Waals surface area contributed by atoms with Crippen LogP contribution in [0.2, 0.25) is 0 Å². The highest BCUT2D eigenvalue weighted by molar-refractivity contribution is 5.30. The third kappa shape index (κ3) is 2.87. The first kappa shape index (κ1) is 15.8.